The third-order valence-electron chi connectivity index (χ3n) is 3.63. The average molecular weight is 367 g/mol. The van der Waals surface area contributed by atoms with Crippen molar-refractivity contribution in [2.24, 2.45) is 5.92 Å². The van der Waals surface area contributed by atoms with E-state index in [0.717, 1.165) is 21.9 Å². The standard InChI is InChI=1S/C20H21N3O2S/c1-14(2)12-25-18-6-4-3-5-16(18)20-23-17(13-26-20)19(24)22-11-15-7-9-21-10-8-15/h3-10,13-14H,11-12H2,1-2H3,(H,22,24). The van der Waals surface area contributed by atoms with Gasteiger partial charge in [-0.1, -0.05) is 26.0 Å². The summed E-state index contributed by atoms with van der Waals surface area (Å²) in [6.45, 7) is 5.30. The molecule has 26 heavy (non-hydrogen) atoms. The Hall–Kier alpha value is -2.73. The maximum Gasteiger partial charge on any atom is 0.271 e. The zero-order valence-electron chi connectivity index (χ0n) is 14.8. The second kappa shape index (κ2) is 8.58. The van der Waals surface area contributed by atoms with Crippen molar-refractivity contribution in [3.63, 3.8) is 0 Å². The average Bonchev–Trinajstić information content (AvgIpc) is 3.15. The number of pyridine rings is 1. The molecule has 134 valence electrons. The molecule has 0 atom stereocenters. The molecule has 0 spiro atoms. The van der Waals surface area contributed by atoms with E-state index >= 15 is 0 Å². The molecular weight excluding hydrogens is 346 g/mol. The van der Waals surface area contributed by atoms with E-state index in [2.05, 4.69) is 29.1 Å². The van der Waals surface area contributed by atoms with Gasteiger partial charge in [0.1, 0.15) is 16.5 Å². The Balaban J connectivity index is 1.70. The minimum absolute atomic E-state index is 0.190. The van der Waals surface area contributed by atoms with E-state index in [-0.39, 0.29) is 5.91 Å². The second-order valence-corrected chi connectivity index (χ2v) is 7.14. The SMILES string of the molecule is CC(C)COc1ccccc1-c1nc(C(=O)NCc2ccncc2)cs1. The Morgan fingerprint density at radius 3 is 2.73 bits per heavy atom. The summed E-state index contributed by atoms with van der Waals surface area (Å²) in [6.07, 6.45) is 3.41. The highest BCUT2D eigenvalue weighted by molar-refractivity contribution is 7.13. The highest BCUT2D eigenvalue weighted by Crippen LogP contribution is 2.32. The fraction of sp³-hybridized carbons (Fsp3) is 0.250. The van der Waals surface area contributed by atoms with Gasteiger partial charge in [-0.15, -0.1) is 11.3 Å². The molecule has 0 aliphatic rings. The van der Waals surface area contributed by atoms with Gasteiger partial charge in [0, 0.05) is 24.3 Å². The number of nitrogens with zero attached hydrogens (tertiary/aromatic N) is 2. The largest absolute Gasteiger partial charge is 0.493 e. The first kappa shape index (κ1) is 18.1. The van der Waals surface area contributed by atoms with Crippen LogP contribution in [0.4, 0.5) is 0 Å². The van der Waals surface area contributed by atoms with Gasteiger partial charge in [0.15, 0.2) is 0 Å². The zero-order valence-corrected chi connectivity index (χ0v) is 15.6. The lowest BCUT2D eigenvalue weighted by Crippen LogP contribution is -2.23. The van der Waals surface area contributed by atoms with Crippen LogP contribution in [0.25, 0.3) is 10.6 Å². The van der Waals surface area contributed by atoms with E-state index in [9.17, 15) is 4.79 Å². The van der Waals surface area contributed by atoms with Crippen LogP contribution in [0.15, 0.2) is 54.2 Å². The summed E-state index contributed by atoms with van der Waals surface area (Å²) in [5, 5.41) is 5.43. The zero-order chi connectivity index (χ0) is 18.4. The second-order valence-electron chi connectivity index (χ2n) is 6.28. The van der Waals surface area contributed by atoms with Crippen molar-refractivity contribution in [1.29, 1.82) is 0 Å². The van der Waals surface area contributed by atoms with Crippen molar-refractivity contribution in [1.82, 2.24) is 15.3 Å². The molecule has 0 saturated carbocycles. The number of thiazole rings is 1. The number of hydrogen-bond donors (Lipinski definition) is 1. The van der Waals surface area contributed by atoms with Crippen LogP contribution in [0.1, 0.15) is 29.9 Å². The Bertz CT molecular complexity index is 862. The van der Waals surface area contributed by atoms with Crippen molar-refractivity contribution < 1.29 is 9.53 Å². The Morgan fingerprint density at radius 1 is 1.19 bits per heavy atom. The molecule has 6 heteroatoms. The van der Waals surface area contributed by atoms with Gasteiger partial charge in [-0.05, 0) is 35.7 Å². The van der Waals surface area contributed by atoms with Crippen LogP contribution >= 0.6 is 11.3 Å². The van der Waals surface area contributed by atoms with Gasteiger partial charge in [-0.25, -0.2) is 4.98 Å². The number of amides is 1. The molecule has 5 nitrogen and oxygen atoms in total. The van der Waals surface area contributed by atoms with Crippen LogP contribution in [0.3, 0.4) is 0 Å². The lowest BCUT2D eigenvalue weighted by atomic mass is 10.2. The maximum atomic E-state index is 12.3. The predicted octanol–water partition coefficient (Wildman–Crippen LogP) is 4.17. The molecule has 0 unspecified atom stereocenters. The monoisotopic (exact) mass is 367 g/mol. The molecular formula is C20H21N3O2S. The van der Waals surface area contributed by atoms with E-state index in [4.69, 9.17) is 4.74 Å². The van der Waals surface area contributed by atoms with Gasteiger partial charge in [0.2, 0.25) is 0 Å². The van der Waals surface area contributed by atoms with Crippen LogP contribution in [-0.2, 0) is 6.54 Å². The maximum absolute atomic E-state index is 12.3. The van der Waals surface area contributed by atoms with E-state index in [1.54, 1.807) is 17.8 Å². The summed E-state index contributed by atoms with van der Waals surface area (Å²) in [5.41, 5.74) is 2.32. The number of ether oxygens (including phenoxy) is 1. The van der Waals surface area contributed by atoms with Gasteiger partial charge in [0.05, 0.1) is 12.2 Å². The third kappa shape index (κ3) is 4.67. The summed E-state index contributed by atoms with van der Waals surface area (Å²) in [6, 6.07) is 11.5. The fourth-order valence-corrected chi connectivity index (χ4v) is 3.13. The Morgan fingerprint density at radius 2 is 1.96 bits per heavy atom. The highest BCUT2D eigenvalue weighted by atomic mass is 32.1. The molecule has 3 rings (SSSR count). The summed E-state index contributed by atoms with van der Waals surface area (Å²) >= 11 is 1.44. The van der Waals surface area contributed by atoms with Crippen molar-refractivity contribution in [3.05, 3.63) is 65.4 Å². The molecule has 1 amide bonds. The molecule has 2 heterocycles. The summed E-state index contributed by atoms with van der Waals surface area (Å²) in [5.74, 6) is 1.04. The molecule has 0 fully saturated rings. The quantitative estimate of drug-likeness (QED) is 0.681. The molecule has 1 aromatic carbocycles. The molecule has 2 aromatic heterocycles. The predicted molar refractivity (Wildman–Crippen MR) is 103 cm³/mol. The normalized spacial score (nSPS) is 10.7. The van der Waals surface area contributed by atoms with Crippen molar-refractivity contribution >= 4 is 17.2 Å². The minimum atomic E-state index is -0.190. The van der Waals surface area contributed by atoms with Gasteiger partial charge in [-0.2, -0.15) is 0 Å². The fourth-order valence-electron chi connectivity index (χ4n) is 2.30. The van der Waals surface area contributed by atoms with Crippen LogP contribution in [0, 0.1) is 5.92 Å². The van der Waals surface area contributed by atoms with Gasteiger partial charge < -0.3 is 10.1 Å². The molecule has 0 aliphatic heterocycles. The highest BCUT2D eigenvalue weighted by Gasteiger charge is 2.14. The lowest BCUT2D eigenvalue weighted by molar-refractivity contribution is 0.0946. The minimum Gasteiger partial charge on any atom is -0.493 e. The Labute approximate surface area is 157 Å². The molecule has 0 bridgehead atoms. The van der Waals surface area contributed by atoms with E-state index in [1.807, 2.05) is 36.4 Å². The number of carbonyl (C=O) groups excluding carboxylic acids is 1. The third-order valence-corrected chi connectivity index (χ3v) is 4.50. The summed E-state index contributed by atoms with van der Waals surface area (Å²) in [7, 11) is 0. The summed E-state index contributed by atoms with van der Waals surface area (Å²) in [4.78, 5) is 20.8. The molecule has 3 aromatic rings. The van der Waals surface area contributed by atoms with Gasteiger partial charge in [-0.3, -0.25) is 9.78 Å². The van der Waals surface area contributed by atoms with E-state index < -0.39 is 0 Å². The van der Waals surface area contributed by atoms with Crippen molar-refractivity contribution in [2.45, 2.75) is 20.4 Å². The molecule has 0 aliphatic carbocycles. The Kier molecular flexibility index (Phi) is 5.96. The number of rotatable bonds is 7. The van der Waals surface area contributed by atoms with Crippen LogP contribution in [0.2, 0.25) is 0 Å². The van der Waals surface area contributed by atoms with Crippen LogP contribution in [0.5, 0.6) is 5.75 Å². The van der Waals surface area contributed by atoms with Gasteiger partial charge in [0.25, 0.3) is 5.91 Å². The first-order chi connectivity index (χ1) is 12.6. The number of carbonyl (C=O) groups is 1. The molecule has 0 saturated heterocycles. The first-order valence-corrected chi connectivity index (χ1v) is 9.36. The number of para-hydroxylation sites is 1. The van der Waals surface area contributed by atoms with E-state index in [0.29, 0.717) is 24.8 Å². The van der Waals surface area contributed by atoms with Crippen molar-refractivity contribution in [3.8, 4) is 16.3 Å². The molecule has 0 radical (unpaired) electrons. The lowest BCUT2D eigenvalue weighted by Gasteiger charge is -2.11. The van der Waals surface area contributed by atoms with Crippen LogP contribution in [-0.4, -0.2) is 22.5 Å². The first-order valence-electron chi connectivity index (χ1n) is 8.48. The number of aromatic nitrogens is 2. The van der Waals surface area contributed by atoms with Crippen molar-refractivity contribution in [2.75, 3.05) is 6.61 Å². The summed E-state index contributed by atoms with van der Waals surface area (Å²) < 4.78 is 5.89. The smallest absolute Gasteiger partial charge is 0.271 e. The van der Waals surface area contributed by atoms with Crippen LogP contribution < -0.4 is 10.1 Å². The molecule has 1 N–H and O–H groups in total. The number of nitrogens with one attached hydrogen (secondary N) is 1. The van der Waals surface area contributed by atoms with Gasteiger partial charge >= 0.3 is 0 Å². The van der Waals surface area contributed by atoms with E-state index in [1.165, 1.54) is 11.3 Å². The topological polar surface area (TPSA) is 64.1 Å². The number of benzene rings is 1. The number of hydrogen-bond acceptors (Lipinski definition) is 5.